The number of nitrogens with zero attached hydrogens (tertiary/aromatic N) is 1. The van der Waals surface area contributed by atoms with Gasteiger partial charge in [0.15, 0.2) is 0 Å². The largest absolute Gasteiger partial charge is 0.381 e. The Balaban J connectivity index is 2.88. The van der Waals surface area contributed by atoms with Crippen molar-refractivity contribution in [3.8, 4) is 0 Å². The number of carbonyl (C=O) groups excluding carboxylic acids is 1. The number of amides is 1. The average Bonchev–Trinajstić information content (AvgIpc) is 2.24. The molecular weight excluding hydrogens is 172 g/mol. The van der Waals surface area contributed by atoms with Gasteiger partial charge in [-0.05, 0) is 6.92 Å². The topological polar surface area (TPSA) is 64.2 Å². The van der Waals surface area contributed by atoms with Crippen molar-refractivity contribution in [1.82, 2.24) is 10.1 Å². The molecule has 1 N–H and O–H groups in total. The Labute approximate surface area is 75.3 Å². The highest BCUT2D eigenvalue weighted by Gasteiger charge is 2.10. The van der Waals surface area contributed by atoms with Crippen LogP contribution in [0.5, 0.6) is 0 Å². The summed E-state index contributed by atoms with van der Waals surface area (Å²) in [5.74, 6) is 0.379. The van der Waals surface area contributed by atoms with Gasteiger partial charge in [-0.2, -0.15) is 4.74 Å². The van der Waals surface area contributed by atoms with Crippen LogP contribution in [0.2, 0.25) is 0 Å². The van der Waals surface area contributed by atoms with E-state index in [0.29, 0.717) is 11.3 Å². The van der Waals surface area contributed by atoms with Crippen LogP contribution in [0.15, 0.2) is 9.32 Å². The maximum atomic E-state index is 11.3. The van der Waals surface area contributed by atoms with E-state index < -0.39 is 0 Å². The smallest absolute Gasteiger partial charge is 0.287 e. The molecule has 72 valence electrons. The van der Waals surface area contributed by atoms with Crippen molar-refractivity contribution in [2.24, 2.45) is 7.05 Å². The van der Waals surface area contributed by atoms with Gasteiger partial charge in [-0.1, -0.05) is 0 Å². The van der Waals surface area contributed by atoms with Gasteiger partial charge in [0, 0.05) is 14.0 Å². The van der Waals surface area contributed by atoms with E-state index >= 15 is 0 Å². The van der Waals surface area contributed by atoms with Gasteiger partial charge in [0.25, 0.3) is 5.56 Å². The minimum Gasteiger partial charge on any atom is -0.381 e. The monoisotopic (exact) mass is 184 g/mol. The molecule has 0 aromatic carbocycles. The lowest BCUT2D eigenvalue weighted by Gasteiger charge is -1.96. The number of carbonyl (C=O) groups is 1. The molecule has 1 aromatic heterocycles. The summed E-state index contributed by atoms with van der Waals surface area (Å²) in [6, 6.07) is 0. The van der Waals surface area contributed by atoms with Crippen molar-refractivity contribution in [1.29, 1.82) is 0 Å². The minimum absolute atomic E-state index is 0.164. The SMILES string of the molecule is CC(=O)NCc1c(C)on(C)c1=O. The van der Waals surface area contributed by atoms with Crippen molar-refractivity contribution in [2.45, 2.75) is 20.4 Å². The van der Waals surface area contributed by atoms with E-state index in [1.54, 1.807) is 6.92 Å². The van der Waals surface area contributed by atoms with Crippen LogP contribution < -0.4 is 10.9 Å². The molecule has 0 saturated heterocycles. The van der Waals surface area contributed by atoms with Crippen molar-refractivity contribution >= 4 is 5.91 Å². The zero-order valence-corrected chi connectivity index (χ0v) is 7.88. The molecule has 0 aliphatic rings. The lowest BCUT2D eigenvalue weighted by Crippen LogP contribution is -2.24. The zero-order chi connectivity index (χ0) is 10.0. The Morgan fingerprint density at radius 2 is 2.23 bits per heavy atom. The summed E-state index contributed by atoms with van der Waals surface area (Å²) in [5.41, 5.74) is 0.295. The molecule has 1 amide bonds. The number of hydrogen-bond donors (Lipinski definition) is 1. The molecule has 5 heteroatoms. The molecule has 1 aromatic rings. The third-order valence-electron chi connectivity index (χ3n) is 1.76. The molecule has 5 nitrogen and oxygen atoms in total. The second-order valence-electron chi connectivity index (χ2n) is 2.84. The molecule has 1 heterocycles. The highest BCUT2D eigenvalue weighted by atomic mass is 16.5. The van der Waals surface area contributed by atoms with E-state index in [2.05, 4.69) is 5.32 Å². The van der Waals surface area contributed by atoms with Crippen molar-refractivity contribution in [2.75, 3.05) is 0 Å². The molecular formula is C8H12N2O3. The van der Waals surface area contributed by atoms with Crippen LogP contribution in [0, 0.1) is 6.92 Å². The maximum Gasteiger partial charge on any atom is 0.287 e. The first-order valence-corrected chi connectivity index (χ1v) is 3.92. The summed E-state index contributed by atoms with van der Waals surface area (Å²) >= 11 is 0. The number of rotatable bonds is 2. The average molecular weight is 184 g/mol. The molecule has 0 atom stereocenters. The highest BCUT2D eigenvalue weighted by Crippen LogP contribution is 2.01. The van der Waals surface area contributed by atoms with E-state index in [1.807, 2.05) is 0 Å². The predicted octanol–water partition coefficient (Wildman–Crippen LogP) is -0.0772. The Hall–Kier alpha value is -1.52. The molecule has 1 rings (SSSR count). The van der Waals surface area contributed by atoms with E-state index in [-0.39, 0.29) is 18.0 Å². The van der Waals surface area contributed by atoms with Crippen molar-refractivity contribution in [3.05, 3.63) is 21.7 Å². The molecule has 0 radical (unpaired) electrons. The van der Waals surface area contributed by atoms with Crippen molar-refractivity contribution < 1.29 is 9.32 Å². The van der Waals surface area contributed by atoms with Crippen LogP contribution in [0.25, 0.3) is 0 Å². The first kappa shape index (κ1) is 9.57. The van der Waals surface area contributed by atoms with Crippen LogP contribution in [0.1, 0.15) is 18.2 Å². The Kier molecular flexibility index (Phi) is 2.55. The van der Waals surface area contributed by atoms with Gasteiger partial charge in [-0.3, -0.25) is 9.59 Å². The van der Waals surface area contributed by atoms with Crippen LogP contribution >= 0.6 is 0 Å². The number of nitrogens with one attached hydrogen (secondary N) is 1. The number of hydrogen-bond acceptors (Lipinski definition) is 3. The van der Waals surface area contributed by atoms with Gasteiger partial charge >= 0.3 is 0 Å². The highest BCUT2D eigenvalue weighted by molar-refractivity contribution is 5.72. The van der Waals surface area contributed by atoms with Gasteiger partial charge in [-0.15, -0.1) is 0 Å². The zero-order valence-electron chi connectivity index (χ0n) is 7.88. The third kappa shape index (κ3) is 1.99. The second kappa shape index (κ2) is 3.47. The van der Waals surface area contributed by atoms with Crippen LogP contribution in [0.3, 0.4) is 0 Å². The fourth-order valence-corrected chi connectivity index (χ4v) is 1.06. The van der Waals surface area contributed by atoms with Crippen molar-refractivity contribution in [3.63, 3.8) is 0 Å². The lowest BCUT2D eigenvalue weighted by atomic mass is 10.3. The Bertz CT molecular complexity index is 375. The number of aryl methyl sites for hydroxylation is 2. The summed E-state index contributed by atoms with van der Waals surface area (Å²) < 4.78 is 6.18. The predicted molar refractivity (Wildman–Crippen MR) is 46.2 cm³/mol. The van der Waals surface area contributed by atoms with Gasteiger partial charge < -0.3 is 9.84 Å². The summed E-state index contributed by atoms with van der Waals surface area (Å²) in [7, 11) is 1.53. The van der Waals surface area contributed by atoms with Gasteiger partial charge in [0.1, 0.15) is 5.76 Å². The quantitative estimate of drug-likeness (QED) is 0.699. The summed E-state index contributed by atoms with van der Waals surface area (Å²) in [6.45, 7) is 3.32. The first-order chi connectivity index (χ1) is 6.02. The van der Waals surface area contributed by atoms with E-state index in [1.165, 1.54) is 14.0 Å². The molecule has 13 heavy (non-hydrogen) atoms. The first-order valence-electron chi connectivity index (χ1n) is 3.92. The maximum absolute atomic E-state index is 11.3. The molecule has 0 spiro atoms. The molecule has 0 bridgehead atoms. The minimum atomic E-state index is -0.203. The summed E-state index contributed by atoms with van der Waals surface area (Å²) in [4.78, 5) is 21.9. The molecule has 0 aliphatic heterocycles. The van der Waals surface area contributed by atoms with Gasteiger partial charge in [0.2, 0.25) is 5.91 Å². The Morgan fingerprint density at radius 1 is 1.62 bits per heavy atom. The van der Waals surface area contributed by atoms with Crippen LogP contribution in [-0.4, -0.2) is 10.6 Å². The molecule has 0 fully saturated rings. The number of aromatic nitrogens is 1. The standard InChI is InChI=1S/C8H12N2O3/c1-5-7(4-9-6(2)11)8(12)10(3)13-5/h4H2,1-3H3,(H,9,11). The third-order valence-corrected chi connectivity index (χ3v) is 1.76. The van der Waals surface area contributed by atoms with E-state index in [4.69, 9.17) is 4.52 Å². The normalized spacial score (nSPS) is 10.1. The van der Waals surface area contributed by atoms with E-state index in [0.717, 1.165) is 4.74 Å². The van der Waals surface area contributed by atoms with Gasteiger partial charge in [-0.25, -0.2) is 0 Å². The molecule has 0 aliphatic carbocycles. The summed E-state index contributed by atoms with van der Waals surface area (Å²) in [6.07, 6.45) is 0. The lowest BCUT2D eigenvalue weighted by molar-refractivity contribution is -0.119. The van der Waals surface area contributed by atoms with Crippen LogP contribution in [0.4, 0.5) is 0 Å². The van der Waals surface area contributed by atoms with Crippen LogP contribution in [-0.2, 0) is 18.4 Å². The van der Waals surface area contributed by atoms with Gasteiger partial charge in [0.05, 0.1) is 12.1 Å². The molecule has 0 saturated carbocycles. The second-order valence-corrected chi connectivity index (χ2v) is 2.84. The Morgan fingerprint density at radius 3 is 2.62 bits per heavy atom. The summed E-state index contributed by atoms with van der Waals surface area (Å²) in [5, 5.41) is 2.54. The fraction of sp³-hybridized carbons (Fsp3) is 0.500. The molecule has 0 unspecified atom stereocenters. The fourth-order valence-electron chi connectivity index (χ4n) is 1.06. The van der Waals surface area contributed by atoms with E-state index in [9.17, 15) is 9.59 Å².